The second-order valence-corrected chi connectivity index (χ2v) is 5.81. The molecule has 3 rings (SSSR count). The van der Waals surface area contributed by atoms with Gasteiger partial charge in [-0.1, -0.05) is 6.42 Å². The molecular formula is C14H23N3O. The number of imidazole rings is 1. The molecule has 2 N–H and O–H groups in total. The Balaban J connectivity index is 1.77. The highest BCUT2D eigenvalue weighted by Crippen LogP contribution is 2.38. The summed E-state index contributed by atoms with van der Waals surface area (Å²) in [5.41, 5.74) is 7.59. The Kier molecular flexibility index (Phi) is 3.39. The molecule has 0 aromatic carbocycles. The number of hydrogen-bond acceptors (Lipinski definition) is 3. The third-order valence-corrected chi connectivity index (χ3v) is 4.78. The average Bonchev–Trinajstić information content (AvgIpc) is 2.97. The van der Waals surface area contributed by atoms with Crippen LogP contribution in [-0.4, -0.2) is 22.8 Å². The molecule has 1 aromatic rings. The summed E-state index contributed by atoms with van der Waals surface area (Å²) in [5, 5.41) is 0. The van der Waals surface area contributed by atoms with E-state index >= 15 is 0 Å². The molecule has 1 saturated carbocycles. The highest BCUT2D eigenvalue weighted by molar-refractivity contribution is 5.09. The van der Waals surface area contributed by atoms with Gasteiger partial charge >= 0.3 is 0 Å². The van der Waals surface area contributed by atoms with E-state index in [0.29, 0.717) is 12.0 Å². The van der Waals surface area contributed by atoms with Crippen molar-refractivity contribution in [1.82, 2.24) is 9.55 Å². The van der Waals surface area contributed by atoms with E-state index in [1.54, 1.807) is 0 Å². The van der Waals surface area contributed by atoms with Crippen LogP contribution in [0.2, 0.25) is 0 Å². The number of nitrogens with zero attached hydrogens (tertiary/aromatic N) is 2. The van der Waals surface area contributed by atoms with Gasteiger partial charge in [-0.25, -0.2) is 4.98 Å². The van der Waals surface area contributed by atoms with Gasteiger partial charge in [0.2, 0.25) is 0 Å². The van der Waals surface area contributed by atoms with Crippen LogP contribution in [0.4, 0.5) is 0 Å². The molecule has 1 aromatic heterocycles. The van der Waals surface area contributed by atoms with Gasteiger partial charge < -0.3 is 15.0 Å². The minimum atomic E-state index is 0.0672. The van der Waals surface area contributed by atoms with Gasteiger partial charge in [0.05, 0.1) is 24.7 Å². The quantitative estimate of drug-likeness (QED) is 0.890. The van der Waals surface area contributed by atoms with Gasteiger partial charge in [0.15, 0.2) is 0 Å². The first kappa shape index (κ1) is 12.2. The highest BCUT2D eigenvalue weighted by atomic mass is 16.5. The van der Waals surface area contributed by atoms with E-state index in [9.17, 15) is 0 Å². The first-order valence-electron chi connectivity index (χ1n) is 7.12. The van der Waals surface area contributed by atoms with E-state index in [1.165, 1.54) is 25.0 Å². The third kappa shape index (κ3) is 2.08. The number of aromatic nitrogens is 2. The van der Waals surface area contributed by atoms with E-state index in [1.807, 2.05) is 12.5 Å². The molecule has 3 atom stereocenters. The van der Waals surface area contributed by atoms with Gasteiger partial charge in [-0.2, -0.15) is 0 Å². The summed E-state index contributed by atoms with van der Waals surface area (Å²) in [7, 11) is 0. The van der Waals surface area contributed by atoms with Crippen LogP contribution in [0.3, 0.4) is 0 Å². The monoisotopic (exact) mass is 249 g/mol. The van der Waals surface area contributed by atoms with Crippen molar-refractivity contribution in [3.8, 4) is 0 Å². The maximum atomic E-state index is 6.40. The predicted molar refractivity (Wildman–Crippen MR) is 70.1 cm³/mol. The topological polar surface area (TPSA) is 53.1 Å². The summed E-state index contributed by atoms with van der Waals surface area (Å²) < 4.78 is 7.75. The summed E-state index contributed by atoms with van der Waals surface area (Å²) in [6.07, 6.45) is 9.04. The second kappa shape index (κ2) is 5.02. The van der Waals surface area contributed by atoms with Crippen molar-refractivity contribution in [2.24, 2.45) is 17.6 Å². The standard InChI is InChI=1S/C14H23N3O/c1-10(11-3-2-4-11)17-9-16-7-13(17)14(15)12-5-6-18-8-12/h7,9-12,14H,2-6,8,15H2,1H3. The van der Waals surface area contributed by atoms with E-state index in [-0.39, 0.29) is 6.04 Å². The lowest BCUT2D eigenvalue weighted by molar-refractivity contribution is 0.178. The minimum absolute atomic E-state index is 0.0672. The van der Waals surface area contributed by atoms with Crippen LogP contribution in [0.5, 0.6) is 0 Å². The number of ether oxygens (including phenoxy) is 1. The summed E-state index contributed by atoms with van der Waals surface area (Å²) >= 11 is 0. The first-order chi connectivity index (χ1) is 8.77. The van der Waals surface area contributed by atoms with Gasteiger partial charge in [0.25, 0.3) is 0 Å². The van der Waals surface area contributed by atoms with E-state index < -0.39 is 0 Å². The van der Waals surface area contributed by atoms with Crippen LogP contribution in [0, 0.1) is 11.8 Å². The Bertz CT molecular complexity index is 393. The molecule has 2 fully saturated rings. The van der Waals surface area contributed by atoms with Gasteiger partial charge in [0.1, 0.15) is 0 Å². The Hall–Kier alpha value is -0.870. The fraction of sp³-hybridized carbons (Fsp3) is 0.786. The zero-order chi connectivity index (χ0) is 12.5. The summed E-state index contributed by atoms with van der Waals surface area (Å²) in [5.74, 6) is 1.26. The largest absolute Gasteiger partial charge is 0.381 e. The molecule has 100 valence electrons. The van der Waals surface area contributed by atoms with Crippen molar-refractivity contribution in [2.45, 2.75) is 44.7 Å². The summed E-state index contributed by atoms with van der Waals surface area (Å²) in [4.78, 5) is 4.32. The summed E-state index contributed by atoms with van der Waals surface area (Å²) in [6, 6.07) is 0.599. The fourth-order valence-corrected chi connectivity index (χ4v) is 3.14. The number of nitrogens with two attached hydrogens (primary N) is 1. The van der Waals surface area contributed by atoms with Crippen molar-refractivity contribution in [3.05, 3.63) is 18.2 Å². The summed E-state index contributed by atoms with van der Waals surface area (Å²) in [6.45, 7) is 3.95. The molecule has 0 amide bonds. The van der Waals surface area contributed by atoms with E-state index in [2.05, 4.69) is 16.5 Å². The van der Waals surface area contributed by atoms with Crippen molar-refractivity contribution >= 4 is 0 Å². The molecule has 3 unspecified atom stereocenters. The fourth-order valence-electron chi connectivity index (χ4n) is 3.14. The molecule has 0 radical (unpaired) electrons. The molecule has 18 heavy (non-hydrogen) atoms. The average molecular weight is 249 g/mol. The Morgan fingerprint density at radius 1 is 1.39 bits per heavy atom. The predicted octanol–water partition coefficient (Wildman–Crippen LogP) is 2.28. The molecule has 0 spiro atoms. The van der Waals surface area contributed by atoms with E-state index in [0.717, 1.165) is 25.6 Å². The Morgan fingerprint density at radius 2 is 2.22 bits per heavy atom. The normalized spacial score (nSPS) is 28.0. The maximum absolute atomic E-state index is 6.40. The number of hydrogen-bond donors (Lipinski definition) is 1. The molecule has 2 aliphatic rings. The molecule has 2 heterocycles. The lowest BCUT2D eigenvalue weighted by Crippen LogP contribution is -2.29. The van der Waals surface area contributed by atoms with Gasteiger partial charge in [0, 0.05) is 24.8 Å². The van der Waals surface area contributed by atoms with Crippen LogP contribution in [-0.2, 0) is 4.74 Å². The molecule has 1 saturated heterocycles. The highest BCUT2D eigenvalue weighted by Gasteiger charge is 2.30. The zero-order valence-corrected chi connectivity index (χ0v) is 11.1. The SMILES string of the molecule is CC(C1CCC1)n1cncc1C(N)C1CCOC1. The molecule has 0 bridgehead atoms. The van der Waals surface area contributed by atoms with Crippen LogP contribution in [0.1, 0.15) is 50.4 Å². The first-order valence-corrected chi connectivity index (χ1v) is 7.12. The maximum Gasteiger partial charge on any atom is 0.0951 e. The lowest BCUT2D eigenvalue weighted by atomic mass is 9.80. The molecule has 4 nitrogen and oxygen atoms in total. The smallest absolute Gasteiger partial charge is 0.0951 e. The molecular weight excluding hydrogens is 226 g/mol. The zero-order valence-electron chi connectivity index (χ0n) is 11.1. The van der Waals surface area contributed by atoms with Crippen molar-refractivity contribution in [1.29, 1.82) is 0 Å². The minimum Gasteiger partial charge on any atom is -0.381 e. The van der Waals surface area contributed by atoms with E-state index in [4.69, 9.17) is 10.5 Å². The van der Waals surface area contributed by atoms with Gasteiger partial charge in [-0.3, -0.25) is 0 Å². The third-order valence-electron chi connectivity index (χ3n) is 4.78. The van der Waals surface area contributed by atoms with Crippen molar-refractivity contribution in [3.63, 3.8) is 0 Å². The lowest BCUT2D eigenvalue weighted by Gasteiger charge is -2.34. The number of rotatable bonds is 4. The van der Waals surface area contributed by atoms with Crippen LogP contribution in [0.15, 0.2) is 12.5 Å². The molecule has 4 heteroatoms. The second-order valence-electron chi connectivity index (χ2n) is 5.81. The van der Waals surface area contributed by atoms with Crippen LogP contribution < -0.4 is 5.73 Å². The Labute approximate surface area is 109 Å². The van der Waals surface area contributed by atoms with Gasteiger partial charge in [-0.15, -0.1) is 0 Å². The van der Waals surface area contributed by atoms with Gasteiger partial charge in [-0.05, 0) is 32.1 Å². The van der Waals surface area contributed by atoms with Crippen molar-refractivity contribution < 1.29 is 4.74 Å². The van der Waals surface area contributed by atoms with Crippen LogP contribution in [0.25, 0.3) is 0 Å². The molecule has 1 aliphatic heterocycles. The molecule has 1 aliphatic carbocycles. The Morgan fingerprint density at radius 3 is 2.83 bits per heavy atom. The van der Waals surface area contributed by atoms with Crippen molar-refractivity contribution in [2.75, 3.05) is 13.2 Å². The van der Waals surface area contributed by atoms with Crippen LogP contribution >= 0.6 is 0 Å².